The van der Waals surface area contributed by atoms with Gasteiger partial charge >= 0.3 is 0 Å². The molecule has 2 aromatic heterocycles. The standard InChI is InChI=1S/C13H11N3S/c1-8-6-12(16-13(17)15-8)10-7-14-11-5-3-2-4-9(10)11/h2-7,14H,1H3,(H,15,16,17). The van der Waals surface area contributed by atoms with E-state index in [1.54, 1.807) is 0 Å². The first-order chi connectivity index (χ1) is 8.24. The van der Waals surface area contributed by atoms with E-state index >= 15 is 0 Å². The van der Waals surface area contributed by atoms with Crippen molar-refractivity contribution in [2.75, 3.05) is 0 Å². The van der Waals surface area contributed by atoms with Crippen molar-refractivity contribution >= 4 is 23.1 Å². The quantitative estimate of drug-likeness (QED) is 0.639. The van der Waals surface area contributed by atoms with E-state index < -0.39 is 0 Å². The minimum absolute atomic E-state index is 0.519. The first-order valence-electron chi connectivity index (χ1n) is 5.38. The molecule has 3 nitrogen and oxygen atoms in total. The van der Waals surface area contributed by atoms with Gasteiger partial charge in [0, 0.05) is 28.4 Å². The van der Waals surface area contributed by atoms with E-state index in [-0.39, 0.29) is 0 Å². The Labute approximate surface area is 104 Å². The number of nitrogens with zero attached hydrogens (tertiary/aromatic N) is 1. The Balaban J connectivity index is 2.30. The van der Waals surface area contributed by atoms with Gasteiger partial charge in [0.15, 0.2) is 4.77 Å². The average Bonchev–Trinajstić information content (AvgIpc) is 2.71. The monoisotopic (exact) mass is 241 g/mol. The average molecular weight is 241 g/mol. The van der Waals surface area contributed by atoms with Gasteiger partial charge in [0.2, 0.25) is 0 Å². The molecule has 0 aliphatic rings. The van der Waals surface area contributed by atoms with Gasteiger partial charge in [-0.15, -0.1) is 0 Å². The molecule has 2 heterocycles. The number of fused-ring (bicyclic) bond motifs is 1. The normalized spacial score (nSPS) is 10.9. The molecule has 0 fully saturated rings. The maximum Gasteiger partial charge on any atom is 0.197 e. The molecule has 0 saturated heterocycles. The molecule has 1 aromatic carbocycles. The summed E-state index contributed by atoms with van der Waals surface area (Å²) in [5.41, 5.74) is 4.12. The van der Waals surface area contributed by atoms with E-state index in [1.807, 2.05) is 31.3 Å². The lowest BCUT2D eigenvalue weighted by Crippen LogP contribution is -1.89. The lowest BCUT2D eigenvalue weighted by molar-refractivity contribution is 1.08. The Morgan fingerprint density at radius 1 is 1.24 bits per heavy atom. The lowest BCUT2D eigenvalue weighted by atomic mass is 10.1. The first kappa shape index (κ1) is 10.2. The zero-order valence-corrected chi connectivity index (χ0v) is 10.1. The third-order valence-corrected chi connectivity index (χ3v) is 2.94. The molecule has 84 valence electrons. The number of H-pyrrole nitrogens is 2. The molecule has 3 aromatic rings. The molecule has 0 saturated carbocycles. The van der Waals surface area contributed by atoms with Gasteiger partial charge in [0.05, 0.1) is 5.69 Å². The molecular formula is C13H11N3S. The van der Waals surface area contributed by atoms with Crippen molar-refractivity contribution in [1.82, 2.24) is 15.0 Å². The summed E-state index contributed by atoms with van der Waals surface area (Å²) < 4.78 is 0.519. The molecule has 0 aliphatic carbocycles. The van der Waals surface area contributed by atoms with Crippen molar-refractivity contribution < 1.29 is 0 Å². The summed E-state index contributed by atoms with van der Waals surface area (Å²) in [6.07, 6.45) is 1.97. The fraction of sp³-hybridized carbons (Fsp3) is 0.0769. The first-order valence-corrected chi connectivity index (χ1v) is 5.79. The van der Waals surface area contributed by atoms with Gasteiger partial charge in [-0.05, 0) is 31.3 Å². The molecule has 0 spiro atoms. The highest BCUT2D eigenvalue weighted by molar-refractivity contribution is 7.71. The third-order valence-electron chi connectivity index (χ3n) is 2.74. The number of rotatable bonds is 1. The fourth-order valence-electron chi connectivity index (χ4n) is 2.00. The number of para-hydroxylation sites is 1. The molecule has 0 unspecified atom stereocenters. The Morgan fingerprint density at radius 2 is 2.06 bits per heavy atom. The second-order valence-corrected chi connectivity index (χ2v) is 4.39. The van der Waals surface area contributed by atoms with Crippen LogP contribution in [-0.2, 0) is 0 Å². The van der Waals surface area contributed by atoms with Crippen molar-refractivity contribution in [3.8, 4) is 11.3 Å². The fourth-order valence-corrected chi connectivity index (χ4v) is 2.26. The number of nitrogens with one attached hydrogen (secondary N) is 2. The van der Waals surface area contributed by atoms with Crippen LogP contribution in [0.4, 0.5) is 0 Å². The van der Waals surface area contributed by atoms with E-state index in [2.05, 4.69) is 27.1 Å². The van der Waals surface area contributed by atoms with Crippen LogP contribution in [0.25, 0.3) is 22.2 Å². The summed E-state index contributed by atoms with van der Waals surface area (Å²) in [6.45, 7) is 1.98. The van der Waals surface area contributed by atoms with Crippen molar-refractivity contribution in [1.29, 1.82) is 0 Å². The molecule has 0 amide bonds. The summed E-state index contributed by atoms with van der Waals surface area (Å²) in [7, 11) is 0. The van der Waals surface area contributed by atoms with E-state index in [0.29, 0.717) is 4.77 Å². The molecular weight excluding hydrogens is 230 g/mol. The summed E-state index contributed by atoms with van der Waals surface area (Å²) >= 11 is 5.11. The number of hydrogen-bond donors (Lipinski definition) is 2. The summed E-state index contributed by atoms with van der Waals surface area (Å²) in [5.74, 6) is 0. The summed E-state index contributed by atoms with van der Waals surface area (Å²) in [4.78, 5) is 10.6. The van der Waals surface area contributed by atoms with E-state index in [9.17, 15) is 0 Å². The predicted octanol–water partition coefficient (Wildman–Crippen LogP) is 3.60. The number of aromatic nitrogens is 3. The number of benzene rings is 1. The molecule has 3 rings (SSSR count). The second kappa shape index (κ2) is 3.82. The van der Waals surface area contributed by atoms with Crippen LogP contribution in [0.5, 0.6) is 0 Å². The minimum Gasteiger partial charge on any atom is -0.360 e. The Morgan fingerprint density at radius 3 is 2.88 bits per heavy atom. The molecule has 0 radical (unpaired) electrons. The highest BCUT2D eigenvalue weighted by Crippen LogP contribution is 2.26. The predicted molar refractivity (Wildman–Crippen MR) is 71.5 cm³/mol. The lowest BCUT2D eigenvalue weighted by Gasteiger charge is -2.00. The summed E-state index contributed by atoms with van der Waals surface area (Å²) in [5, 5.41) is 1.17. The second-order valence-electron chi connectivity index (χ2n) is 4.00. The van der Waals surface area contributed by atoms with E-state index in [4.69, 9.17) is 12.2 Å². The number of aryl methyl sites for hydroxylation is 1. The highest BCUT2D eigenvalue weighted by Gasteiger charge is 2.07. The Bertz CT molecular complexity index is 740. The largest absolute Gasteiger partial charge is 0.360 e. The van der Waals surface area contributed by atoms with Gasteiger partial charge < -0.3 is 9.97 Å². The van der Waals surface area contributed by atoms with Crippen molar-refractivity contribution in [2.45, 2.75) is 6.92 Å². The number of aromatic amines is 2. The third kappa shape index (κ3) is 1.76. The highest BCUT2D eigenvalue weighted by atomic mass is 32.1. The van der Waals surface area contributed by atoms with Gasteiger partial charge in [-0.2, -0.15) is 0 Å². The molecule has 0 bridgehead atoms. The van der Waals surface area contributed by atoms with E-state index in [1.165, 1.54) is 5.39 Å². The van der Waals surface area contributed by atoms with Crippen LogP contribution in [0.3, 0.4) is 0 Å². The van der Waals surface area contributed by atoms with Gasteiger partial charge in [-0.25, -0.2) is 4.98 Å². The van der Waals surface area contributed by atoms with Crippen LogP contribution in [0, 0.1) is 11.7 Å². The molecule has 0 atom stereocenters. The van der Waals surface area contributed by atoms with Crippen LogP contribution in [0.15, 0.2) is 36.5 Å². The van der Waals surface area contributed by atoms with Crippen LogP contribution in [0.1, 0.15) is 5.69 Å². The maximum absolute atomic E-state index is 5.11. The van der Waals surface area contributed by atoms with Crippen LogP contribution >= 0.6 is 12.2 Å². The van der Waals surface area contributed by atoms with Crippen molar-refractivity contribution in [3.05, 3.63) is 47.0 Å². The van der Waals surface area contributed by atoms with Crippen molar-refractivity contribution in [2.24, 2.45) is 0 Å². The minimum atomic E-state index is 0.519. The SMILES string of the molecule is Cc1cc(-c2c[nH]c3ccccc23)nc(=S)[nH]1. The zero-order valence-electron chi connectivity index (χ0n) is 9.32. The van der Waals surface area contributed by atoms with Crippen LogP contribution < -0.4 is 0 Å². The molecule has 17 heavy (non-hydrogen) atoms. The van der Waals surface area contributed by atoms with Gasteiger partial charge in [-0.1, -0.05) is 18.2 Å². The van der Waals surface area contributed by atoms with Gasteiger partial charge in [0.25, 0.3) is 0 Å². The molecule has 0 aliphatic heterocycles. The van der Waals surface area contributed by atoms with Crippen LogP contribution in [-0.4, -0.2) is 15.0 Å². The van der Waals surface area contributed by atoms with Gasteiger partial charge in [-0.3, -0.25) is 0 Å². The Kier molecular flexibility index (Phi) is 2.30. The molecule has 2 N–H and O–H groups in total. The smallest absolute Gasteiger partial charge is 0.197 e. The molecule has 4 heteroatoms. The topological polar surface area (TPSA) is 44.5 Å². The maximum atomic E-state index is 5.11. The number of hydrogen-bond acceptors (Lipinski definition) is 2. The summed E-state index contributed by atoms with van der Waals surface area (Å²) in [6, 6.07) is 10.2. The van der Waals surface area contributed by atoms with Crippen LogP contribution in [0.2, 0.25) is 0 Å². The van der Waals surface area contributed by atoms with E-state index in [0.717, 1.165) is 22.5 Å². The van der Waals surface area contributed by atoms with Gasteiger partial charge in [0.1, 0.15) is 0 Å². The zero-order chi connectivity index (χ0) is 11.8. The Hall–Kier alpha value is -1.94. The van der Waals surface area contributed by atoms with Crippen molar-refractivity contribution in [3.63, 3.8) is 0 Å².